The molecule has 6 nitrogen and oxygen atoms in total. The first kappa shape index (κ1) is 24.5. The number of piperidine rings is 2. The third kappa shape index (κ3) is 4.76. The Morgan fingerprint density at radius 1 is 1.00 bits per heavy atom. The van der Waals surface area contributed by atoms with Gasteiger partial charge in [-0.1, -0.05) is 30.3 Å². The van der Waals surface area contributed by atoms with E-state index in [4.69, 9.17) is 4.98 Å². The number of aliphatic hydroxyl groups is 1. The number of hydrogen-bond donors (Lipinski definition) is 1. The van der Waals surface area contributed by atoms with E-state index in [1.54, 1.807) is 4.90 Å². The fourth-order valence-corrected chi connectivity index (χ4v) is 5.32. The topological polar surface area (TPSA) is 69.6 Å². The van der Waals surface area contributed by atoms with Gasteiger partial charge in [0.25, 0.3) is 0 Å². The van der Waals surface area contributed by atoms with Crippen molar-refractivity contribution in [1.82, 2.24) is 14.9 Å². The van der Waals surface area contributed by atoms with E-state index >= 15 is 0 Å². The zero-order chi connectivity index (χ0) is 25.5. The molecule has 5 rings (SSSR count). The molecular weight excluding hydrogens is 469 g/mol. The minimum atomic E-state index is -4.46. The van der Waals surface area contributed by atoms with Crippen molar-refractivity contribution in [3.05, 3.63) is 65.4 Å². The van der Waals surface area contributed by atoms with Gasteiger partial charge in [0.05, 0.1) is 22.4 Å². The number of anilines is 1. The van der Waals surface area contributed by atoms with Crippen LogP contribution in [0, 0.1) is 12.8 Å². The van der Waals surface area contributed by atoms with Gasteiger partial charge in [-0.3, -0.25) is 4.79 Å². The first-order chi connectivity index (χ1) is 17.1. The van der Waals surface area contributed by atoms with Crippen LogP contribution in [0.25, 0.3) is 10.9 Å². The molecular formula is C27H29F3N4O2. The van der Waals surface area contributed by atoms with Crippen LogP contribution in [0.3, 0.4) is 0 Å². The van der Waals surface area contributed by atoms with Crippen molar-refractivity contribution in [3.8, 4) is 0 Å². The maximum atomic E-state index is 13.2. The Kier molecular flexibility index (Phi) is 6.36. The lowest BCUT2D eigenvalue weighted by Gasteiger charge is -2.41. The highest BCUT2D eigenvalue weighted by Gasteiger charge is 2.39. The number of fused-ring (bicyclic) bond motifs is 1. The number of benzene rings is 2. The largest absolute Gasteiger partial charge is 0.416 e. The molecule has 0 saturated carbocycles. The van der Waals surface area contributed by atoms with Crippen LogP contribution >= 0.6 is 0 Å². The predicted molar refractivity (Wildman–Crippen MR) is 130 cm³/mol. The van der Waals surface area contributed by atoms with Crippen molar-refractivity contribution in [3.63, 3.8) is 0 Å². The number of aryl methyl sites for hydroxylation is 1. The molecule has 2 aliphatic heterocycles. The van der Waals surface area contributed by atoms with Crippen molar-refractivity contribution < 1.29 is 23.1 Å². The normalized spacial score (nSPS) is 19.0. The minimum Gasteiger partial charge on any atom is -0.385 e. The van der Waals surface area contributed by atoms with Gasteiger partial charge in [0.1, 0.15) is 0 Å². The summed E-state index contributed by atoms with van der Waals surface area (Å²) in [5.41, 5.74) is -0.0602. The number of alkyl halides is 3. The molecule has 0 spiro atoms. The number of nitrogens with zero attached hydrogens (tertiary/aromatic N) is 4. The van der Waals surface area contributed by atoms with Crippen molar-refractivity contribution in [2.75, 3.05) is 31.1 Å². The monoisotopic (exact) mass is 498 g/mol. The van der Waals surface area contributed by atoms with Gasteiger partial charge in [-0.15, -0.1) is 0 Å². The molecule has 0 radical (unpaired) electrons. The van der Waals surface area contributed by atoms with Gasteiger partial charge < -0.3 is 14.9 Å². The lowest BCUT2D eigenvalue weighted by molar-refractivity contribution is -0.140. The number of carbonyl (C=O) groups is 1. The van der Waals surface area contributed by atoms with E-state index in [2.05, 4.69) is 9.88 Å². The third-order valence-electron chi connectivity index (χ3n) is 7.54. The Morgan fingerprint density at radius 3 is 2.39 bits per heavy atom. The molecule has 36 heavy (non-hydrogen) atoms. The highest BCUT2D eigenvalue weighted by Crippen LogP contribution is 2.37. The van der Waals surface area contributed by atoms with E-state index in [0.29, 0.717) is 45.0 Å². The van der Waals surface area contributed by atoms with Crippen molar-refractivity contribution >= 4 is 22.8 Å². The molecule has 1 aromatic heterocycles. The van der Waals surface area contributed by atoms with E-state index in [1.807, 2.05) is 31.2 Å². The summed E-state index contributed by atoms with van der Waals surface area (Å²) in [6, 6.07) is 12.8. The average Bonchev–Trinajstić information content (AvgIpc) is 2.88. The van der Waals surface area contributed by atoms with Gasteiger partial charge in [-0.05, 0) is 56.4 Å². The van der Waals surface area contributed by atoms with Gasteiger partial charge in [0.15, 0.2) is 0 Å². The molecule has 9 heteroatoms. The molecule has 1 N–H and O–H groups in total. The van der Waals surface area contributed by atoms with E-state index in [1.165, 1.54) is 12.1 Å². The van der Waals surface area contributed by atoms with Crippen LogP contribution < -0.4 is 4.90 Å². The Morgan fingerprint density at radius 2 is 1.69 bits per heavy atom. The van der Waals surface area contributed by atoms with E-state index in [-0.39, 0.29) is 30.2 Å². The van der Waals surface area contributed by atoms with E-state index in [9.17, 15) is 23.1 Å². The summed E-state index contributed by atoms with van der Waals surface area (Å²) in [7, 11) is 0. The van der Waals surface area contributed by atoms with Gasteiger partial charge in [0, 0.05) is 37.5 Å². The number of carbonyl (C=O) groups excluding carboxylic acids is 1. The second-order valence-electron chi connectivity index (χ2n) is 9.82. The van der Waals surface area contributed by atoms with Gasteiger partial charge in [-0.2, -0.15) is 13.2 Å². The number of aromatic nitrogens is 2. The van der Waals surface area contributed by atoms with Crippen LogP contribution in [0.2, 0.25) is 0 Å². The summed E-state index contributed by atoms with van der Waals surface area (Å²) >= 11 is 0. The summed E-state index contributed by atoms with van der Waals surface area (Å²) in [5.74, 6) is 0.611. The second kappa shape index (κ2) is 9.35. The molecule has 1 amide bonds. The number of para-hydroxylation sites is 1. The van der Waals surface area contributed by atoms with E-state index < -0.39 is 17.3 Å². The Labute approximate surface area is 207 Å². The summed E-state index contributed by atoms with van der Waals surface area (Å²) < 4.78 is 39.3. The number of rotatable bonds is 3. The molecule has 2 saturated heterocycles. The second-order valence-corrected chi connectivity index (χ2v) is 9.82. The molecule has 3 aromatic rings. The molecule has 190 valence electrons. The summed E-state index contributed by atoms with van der Waals surface area (Å²) in [5, 5.41) is 12.1. The SMILES string of the molecule is Cc1nc(N2CCC(C(=O)N3CCC(O)(c4cccc(C(F)(F)F)c4)CC3)CC2)nc2ccccc12. The van der Waals surface area contributed by atoms with Crippen LogP contribution in [0.4, 0.5) is 19.1 Å². The molecule has 2 fully saturated rings. The molecule has 2 aromatic carbocycles. The Hall–Kier alpha value is -3.20. The van der Waals surface area contributed by atoms with Gasteiger partial charge >= 0.3 is 6.18 Å². The molecule has 0 atom stereocenters. The first-order valence-corrected chi connectivity index (χ1v) is 12.3. The van der Waals surface area contributed by atoms with Gasteiger partial charge in [-0.25, -0.2) is 9.97 Å². The summed E-state index contributed by atoms with van der Waals surface area (Å²) in [6.45, 7) is 3.96. The van der Waals surface area contributed by atoms with Gasteiger partial charge in [0.2, 0.25) is 11.9 Å². The number of likely N-dealkylation sites (tertiary alicyclic amines) is 1. The number of halogens is 3. The smallest absolute Gasteiger partial charge is 0.385 e. The standard InChI is InChI=1S/C27H29F3N4O2/c1-18-22-7-2-3-8-23(22)32-25(31-18)34-13-9-19(10-14-34)24(35)33-15-11-26(36,12-16-33)20-5-4-6-21(17-20)27(28,29)30/h2-8,17,19,36H,9-16H2,1H3. The van der Waals surface area contributed by atoms with E-state index in [0.717, 1.165) is 28.7 Å². The molecule has 2 aliphatic rings. The Bertz CT molecular complexity index is 1260. The molecule has 3 heterocycles. The third-order valence-corrected chi connectivity index (χ3v) is 7.54. The number of amides is 1. The summed E-state index contributed by atoms with van der Waals surface area (Å²) in [6.07, 6.45) is -2.67. The first-order valence-electron chi connectivity index (χ1n) is 12.3. The average molecular weight is 499 g/mol. The lowest BCUT2D eigenvalue weighted by Crippen LogP contribution is -2.49. The Balaban J connectivity index is 1.19. The minimum absolute atomic E-state index is 0.0522. The van der Waals surface area contributed by atoms with Crippen LogP contribution in [-0.4, -0.2) is 52.1 Å². The lowest BCUT2D eigenvalue weighted by atomic mass is 9.83. The summed E-state index contributed by atoms with van der Waals surface area (Å²) in [4.78, 5) is 26.4. The quantitative estimate of drug-likeness (QED) is 0.568. The van der Waals surface area contributed by atoms with Crippen LogP contribution in [0.1, 0.15) is 42.5 Å². The fourth-order valence-electron chi connectivity index (χ4n) is 5.32. The predicted octanol–water partition coefficient (Wildman–Crippen LogP) is 4.68. The molecule has 0 unspecified atom stereocenters. The van der Waals surface area contributed by atoms with Crippen LogP contribution in [0.5, 0.6) is 0 Å². The van der Waals surface area contributed by atoms with Crippen molar-refractivity contribution in [2.45, 2.75) is 44.4 Å². The zero-order valence-corrected chi connectivity index (χ0v) is 20.1. The van der Waals surface area contributed by atoms with Crippen molar-refractivity contribution in [2.24, 2.45) is 5.92 Å². The number of hydrogen-bond acceptors (Lipinski definition) is 5. The van der Waals surface area contributed by atoms with Crippen LogP contribution in [-0.2, 0) is 16.6 Å². The maximum absolute atomic E-state index is 13.2. The van der Waals surface area contributed by atoms with Crippen LogP contribution in [0.15, 0.2) is 48.5 Å². The molecule has 0 bridgehead atoms. The molecule has 0 aliphatic carbocycles. The van der Waals surface area contributed by atoms with Crippen molar-refractivity contribution in [1.29, 1.82) is 0 Å². The highest BCUT2D eigenvalue weighted by molar-refractivity contribution is 5.82. The highest BCUT2D eigenvalue weighted by atomic mass is 19.4. The maximum Gasteiger partial charge on any atom is 0.416 e. The zero-order valence-electron chi connectivity index (χ0n) is 20.1. The fraction of sp³-hybridized carbons (Fsp3) is 0.444.